The molecule has 1 fully saturated rings. The Morgan fingerprint density at radius 1 is 1.02 bits per heavy atom. The minimum Gasteiger partial charge on any atom is -0.490 e. The molecule has 208 valence electrons. The lowest BCUT2D eigenvalue weighted by Crippen LogP contribution is -2.48. The summed E-state index contributed by atoms with van der Waals surface area (Å²) in [5.41, 5.74) is 2.99. The number of benzene rings is 3. The minimum absolute atomic E-state index is 0.163. The zero-order valence-corrected chi connectivity index (χ0v) is 25.0. The first-order chi connectivity index (χ1) is 19.1. The fourth-order valence-electron chi connectivity index (χ4n) is 4.86. The largest absolute Gasteiger partial charge is 0.490 e. The van der Waals surface area contributed by atoms with E-state index in [9.17, 15) is 9.59 Å². The average Bonchev–Trinajstić information content (AvgIpc) is 3.30. The maximum absolute atomic E-state index is 13.3. The number of esters is 2. The molecule has 0 spiro atoms. The molecule has 1 saturated heterocycles. The molecule has 4 aromatic rings. The van der Waals surface area contributed by atoms with Crippen molar-refractivity contribution in [3.63, 3.8) is 0 Å². The predicted molar refractivity (Wildman–Crippen MR) is 156 cm³/mol. The van der Waals surface area contributed by atoms with Gasteiger partial charge in [0.05, 0.1) is 11.1 Å². The molecule has 1 atom stereocenters. The Kier molecular flexibility index (Phi) is 8.04. The van der Waals surface area contributed by atoms with Crippen LogP contribution in [0, 0.1) is 5.92 Å². The van der Waals surface area contributed by atoms with Crippen LogP contribution < -0.4 is 9.47 Å². The van der Waals surface area contributed by atoms with E-state index in [1.807, 2.05) is 37.3 Å². The summed E-state index contributed by atoms with van der Waals surface area (Å²) in [6.45, 7) is 5.43. The van der Waals surface area contributed by atoms with Gasteiger partial charge in [-0.3, -0.25) is 9.59 Å². The van der Waals surface area contributed by atoms with Crippen LogP contribution in [-0.4, -0.2) is 29.3 Å². The summed E-state index contributed by atoms with van der Waals surface area (Å²) >= 11 is 16.0. The lowest BCUT2D eigenvalue weighted by molar-refractivity contribution is -0.240. The number of hydrogen-bond acceptors (Lipinski definition) is 6. The van der Waals surface area contributed by atoms with Crippen LogP contribution in [-0.2, 0) is 25.7 Å². The highest BCUT2D eigenvalue weighted by Crippen LogP contribution is 2.46. The van der Waals surface area contributed by atoms with E-state index in [-0.39, 0.29) is 6.61 Å². The third-order valence-corrected chi connectivity index (χ3v) is 7.74. The summed E-state index contributed by atoms with van der Waals surface area (Å²) in [5, 5.41) is 1.88. The third-order valence-electron chi connectivity index (χ3n) is 6.57. The molecule has 40 heavy (non-hydrogen) atoms. The Bertz CT molecular complexity index is 1580. The van der Waals surface area contributed by atoms with Gasteiger partial charge in [-0.1, -0.05) is 47.5 Å². The number of carbonyl (C=O) groups excluding carboxylic acids is 2. The molecule has 1 aromatic heterocycles. The Morgan fingerprint density at radius 2 is 1.75 bits per heavy atom. The van der Waals surface area contributed by atoms with Gasteiger partial charge in [-0.05, 0) is 64.3 Å². The quantitative estimate of drug-likeness (QED) is 0.155. The van der Waals surface area contributed by atoms with Gasteiger partial charge >= 0.3 is 11.9 Å². The van der Waals surface area contributed by atoms with E-state index >= 15 is 0 Å². The van der Waals surface area contributed by atoms with Crippen molar-refractivity contribution in [3.8, 4) is 11.5 Å². The van der Waals surface area contributed by atoms with Crippen molar-refractivity contribution >= 4 is 62.0 Å². The van der Waals surface area contributed by atoms with Crippen molar-refractivity contribution in [2.24, 2.45) is 5.92 Å². The summed E-state index contributed by atoms with van der Waals surface area (Å²) in [5.74, 6) is -3.79. The number of rotatable bonds is 8. The van der Waals surface area contributed by atoms with Crippen molar-refractivity contribution in [3.05, 3.63) is 92.0 Å². The van der Waals surface area contributed by atoms with Crippen LogP contribution in [0.15, 0.2) is 65.3 Å². The molecule has 0 amide bonds. The molecule has 3 aromatic carbocycles. The van der Waals surface area contributed by atoms with E-state index < -0.39 is 29.6 Å². The number of carbonyl (C=O) groups is 2. The highest BCUT2D eigenvalue weighted by molar-refractivity contribution is 9.10. The first kappa shape index (κ1) is 28.3. The summed E-state index contributed by atoms with van der Waals surface area (Å²) in [6.07, 6.45) is 1.80. The monoisotopic (exact) mass is 645 g/mol. The number of para-hydroxylation sites is 1. The van der Waals surface area contributed by atoms with E-state index in [0.717, 1.165) is 22.0 Å². The Balaban J connectivity index is 1.60. The van der Waals surface area contributed by atoms with Gasteiger partial charge in [0.15, 0.2) is 17.4 Å². The number of halogens is 3. The van der Waals surface area contributed by atoms with Gasteiger partial charge in [-0.25, -0.2) is 0 Å². The first-order valence-corrected chi connectivity index (χ1v) is 14.2. The number of hydrogen-bond donors (Lipinski definition) is 1. The highest BCUT2D eigenvalue weighted by Gasteiger charge is 2.49. The number of aromatic amines is 1. The zero-order chi connectivity index (χ0) is 28.6. The molecule has 0 saturated carbocycles. The maximum atomic E-state index is 13.3. The smallest absolute Gasteiger partial charge is 0.324 e. The Labute approximate surface area is 249 Å². The standard InChI is InChI=1S/C30H26BrCl2NO6/c1-4-37-24-12-17(11-21(31)27(24)38-15-16-9-10-18(32)13-22(16)33)25(20-14-34-23-8-6-5-7-19(20)23)26-28(35)39-30(2,3)40-29(26)36/h5-14,25-26,34H,4,15H2,1-3H3/t25-/m0/s1. The van der Waals surface area contributed by atoms with Gasteiger partial charge in [-0.15, -0.1) is 0 Å². The van der Waals surface area contributed by atoms with Gasteiger partial charge in [0.1, 0.15) is 6.61 Å². The van der Waals surface area contributed by atoms with E-state index in [1.54, 1.807) is 30.5 Å². The molecule has 0 aliphatic carbocycles. The number of cyclic esters (lactones) is 2. The Hall–Kier alpha value is -3.20. The molecule has 2 heterocycles. The second-order valence-electron chi connectivity index (χ2n) is 9.77. The molecule has 10 heteroatoms. The van der Waals surface area contributed by atoms with E-state index in [0.29, 0.717) is 38.2 Å². The molecule has 0 bridgehead atoms. The molecule has 1 aliphatic rings. The molecule has 1 N–H and O–H groups in total. The average molecular weight is 647 g/mol. The second-order valence-corrected chi connectivity index (χ2v) is 11.5. The van der Waals surface area contributed by atoms with E-state index in [4.69, 9.17) is 42.1 Å². The van der Waals surface area contributed by atoms with Crippen molar-refractivity contribution < 1.29 is 28.5 Å². The second kappa shape index (κ2) is 11.4. The van der Waals surface area contributed by atoms with E-state index in [2.05, 4.69) is 20.9 Å². The van der Waals surface area contributed by atoms with Gasteiger partial charge < -0.3 is 23.9 Å². The van der Waals surface area contributed by atoms with Crippen LogP contribution in [0.3, 0.4) is 0 Å². The van der Waals surface area contributed by atoms with Crippen molar-refractivity contribution in [2.75, 3.05) is 6.61 Å². The Morgan fingerprint density at radius 3 is 2.45 bits per heavy atom. The van der Waals surface area contributed by atoms with Crippen molar-refractivity contribution in [1.29, 1.82) is 0 Å². The van der Waals surface area contributed by atoms with Crippen molar-refractivity contribution in [2.45, 2.75) is 39.1 Å². The van der Waals surface area contributed by atoms with Gasteiger partial charge in [0, 0.05) is 52.5 Å². The first-order valence-electron chi connectivity index (χ1n) is 12.6. The number of nitrogens with one attached hydrogen (secondary N) is 1. The molecule has 5 rings (SSSR count). The predicted octanol–water partition coefficient (Wildman–Crippen LogP) is 7.80. The number of ether oxygens (including phenoxy) is 4. The molecule has 0 unspecified atom stereocenters. The molecule has 1 aliphatic heterocycles. The molecule has 0 radical (unpaired) electrons. The summed E-state index contributed by atoms with van der Waals surface area (Å²) in [7, 11) is 0. The lowest BCUT2D eigenvalue weighted by Gasteiger charge is -2.36. The van der Waals surface area contributed by atoms with Crippen LogP contribution in [0.25, 0.3) is 10.9 Å². The molecular weight excluding hydrogens is 621 g/mol. The SMILES string of the molecule is CCOc1cc([C@@H](c2c[nH]c3ccccc23)C2C(=O)OC(C)(C)OC2=O)cc(Br)c1OCc1ccc(Cl)cc1Cl. The topological polar surface area (TPSA) is 86.9 Å². The van der Waals surface area contributed by atoms with Gasteiger partial charge in [0.25, 0.3) is 5.79 Å². The highest BCUT2D eigenvalue weighted by atomic mass is 79.9. The lowest BCUT2D eigenvalue weighted by atomic mass is 9.80. The summed E-state index contributed by atoms with van der Waals surface area (Å²) in [6, 6.07) is 16.4. The van der Waals surface area contributed by atoms with Crippen molar-refractivity contribution in [1.82, 2.24) is 4.98 Å². The van der Waals surface area contributed by atoms with Crippen LogP contribution in [0.2, 0.25) is 10.0 Å². The summed E-state index contributed by atoms with van der Waals surface area (Å²) < 4.78 is 23.7. The maximum Gasteiger partial charge on any atom is 0.324 e. The van der Waals surface area contributed by atoms with Crippen LogP contribution in [0.5, 0.6) is 11.5 Å². The minimum atomic E-state index is -1.35. The summed E-state index contributed by atoms with van der Waals surface area (Å²) in [4.78, 5) is 29.9. The normalized spacial score (nSPS) is 15.9. The zero-order valence-electron chi connectivity index (χ0n) is 21.9. The molecule has 7 nitrogen and oxygen atoms in total. The third kappa shape index (κ3) is 5.66. The van der Waals surface area contributed by atoms with Gasteiger partial charge in [0.2, 0.25) is 0 Å². The van der Waals surface area contributed by atoms with Crippen LogP contribution >= 0.6 is 39.1 Å². The number of aromatic nitrogens is 1. The molecular formula is C30H26BrCl2NO6. The number of fused-ring (bicyclic) bond motifs is 1. The fourth-order valence-corrected chi connectivity index (χ4v) is 5.90. The van der Waals surface area contributed by atoms with Crippen LogP contribution in [0.4, 0.5) is 0 Å². The fraction of sp³-hybridized carbons (Fsp3) is 0.267. The van der Waals surface area contributed by atoms with Gasteiger partial charge in [-0.2, -0.15) is 0 Å². The van der Waals surface area contributed by atoms with Crippen LogP contribution in [0.1, 0.15) is 43.4 Å². The van der Waals surface area contributed by atoms with E-state index in [1.165, 1.54) is 13.8 Å². The number of H-pyrrole nitrogens is 1.